The first-order valence-electron chi connectivity index (χ1n) is 9.32. The molecule has 0 bridgehead atoms. The largest absolute Gasteiger partial charge is 0.497 e. The van der Waals surface area contributed by atoms with Gasteiger partial charge < -0.3 is 29.9 Å². The Kier molecular flexibility index (Phi) is 7.27. The van der Waals surface area contributed by atoms with Crippen LogP contribution in [0.1, 0.15) is 12.1 Å². The molecule has 0 amide bonds. The van der Waals surface area contributed by atoms with E-state index >= 15 is 0 Å². The van der Waals surface area contributed by atoms with Crippen molar-refractivity contribution >= 4 is 28.3 Å². The minimum absolute atomic E-state index is 0.00658. The molecule has 3 rings (SSSR count). The molecule has 1 aliphatic rings. The van der Waals surface area contributed by atoms with Crippen molar-refractivity contribution < 1.29 is 19.7 Å². The van der Waals surface area contributed by atoms with Gasteiger partial charge in [0.15, 0.2) is 6.29 Å². The molecule has 1 saturated heterocycles. The van der Waals surface area contributed by atoms with E-state index in [4.69, 9.17) is 26.1 Å². The van der Waals surface area contributed by atoms with Crippen LogP contribution in [0.15, 0.2) is 30.3 Å². The predicted molar refractivity (Wildman–Crippen MR) is 113 cm³/mol. The first-order chi connectivity index (χ1) is 14.0. The van der Waals surface area contributed by atoms with Gasteiger partial charge >= 0.3 is 0 Å². The van der Waals surface area contributed by atoms with Crippen molar-refractivity contribution in [1.82, 2.24) is 9.97 Å². The first kappa shape index (κ1) is 21.3. The maximum Gasteiger partial charge on any atom is 0.226 e. The van der Waals surface area contributed by atoms with Gasteiger partial charge in [0.05, 0.1) is 36.7 Å². The number of benzene rings is 1. The molecule has 1 fully saturated rings. The molecule has 29 heavy (non-hydrogen) atoms. The van der Waals surface area contributed by atoms with Crippen LogP contribution in [0, 0.1) is 0 Å². The van der Waals surface area contributed by atoms with E-state index in [2.05, 4.69) is 10.3 Å². The average Bonchev–Trinajstić information content (AvgIpc) is 2.77. The molecule has 0 spiro atoms. The maximum atomic E-state index is 9.19. The average molecular weight is 421 g/mol. The lowest BCUT2D eigenvalue weighted by molar-refractivity contribution is -0.0359. The number of rotatable bonds is 7. The summed E-state index contributed by atoms with van der Waals surface area (Å²) in [5, 5.41) is 21.8. The van der Waals surface area contributed by atoms with Crippen molar-refractivity contribution in [3.8, 4) is 17.0 Å². The van der Waals surface area contributed by atoms with Gasteiger partial charge in [-0.2, -0.15) is 0 Å². The Morgan fingerprint density at radius 1 is 1.34 bits per heavy atom. The number of hydrogen-bond acceptors (Lipinski definition) is 8. The van der Waals surface area contributed by atoms with Gasteiger partial charge in [-0.15, -0.1) is 0 Å². The molecule has 2 aromatic rings. The highest BCUT2D eigenvalue weighted by atomic mass is 35.5. The normalized spacial score (nSPS) is 15.0. The number of aliphatic hydroxyl groups is 2. The Balaban J connectivity index is 2.16. The summed E-state index contributed by atoms with van der Waals surface area (Å²) < 4.78 is 10.8. The molecule has 8 nitrogen and oxygen atoms in total. The maximum absolute atomic E-state index is 9.19. The molecular formula is C20H25ClN4O4. The van der Waals surface area contributed by atoms with E-state index in [-0.39, 0.29) is 6.42 Å². The lowest BCUT2D eigenvalue weighted by atomic mass is 10.1. The molecule has 0 radical (unpaired) electrons. The Labute approximate surface area is 174 Å². The molecule has 1 aromatic heterocycles. The van der Waals surface area contributed by atoms with Crippen molar-refractivity contribution in [1.29, 1.82) is 0 Å². The number of nitrogens with zero attached hydrogens (tertiary/aromatic N) is 3. The number of hydrogen-bond donors (Lipinski definition) is 3. The molecule has 0 saturated carbocycles. The van der Waals surface area contributed by atoms with E-state index in [1.165, 1.54) is 6.08 Å². The van der Waals surface area contributed by atoms with E-state index in [1.807, 2.05) is 29.2 Å². The minimum atomic E-state index is -1.49. The number of aliphatic hydroxyl groups excluding tert-OH is 1. The predicted octanol–water partition coefficient (Wildman–Crippen LogP) is 2.31. The second kappa shape index (κ2) is 9.89. The number of ether oxygens (including phenoxy) is 2. The van der Waals surface area contributed by atoms with Crippen molar-refractivity contribution in [2.75, 3.05) is 50.7 Å². The zero-order valence-corrected chi connectivity index (χ0v) is 17.2. The van der Waals surface area contributed by atoms with Gasteiger partial charge in [0, 0.05) is 32.1 Å². The summed E-state index contributed by atoms with van der Waals surface area (Å²) in [6, 6.07) is 7.59. The lowest BCUT2D eigenvalue weighted by Gasteiger charge is -2.28. The highest BCUT2D eigenvalue weighted by molar-refractivity contribution is 6.49. The van der Waals surface area contributed by atoms with Gasteiger partial charge in [-0.1, -0.05) is 29.8 Å². The fourth-order valence-corrected chi connectivity index (χ4v) is 3.27. The topological polar surface area (TPSA) is 100.0 Å². The summed E-state index contributed by atoms with van der Waals surface area (Å²) in [6.07, 6.45) is 0.0431. The first-order valence-corrected chi connectivity index (χ1v) is 9.70. The number of morpholine rings is 1. The van der Waals surface area contributed by atoms with Gasteiger partial charge in [-0.25, -0.2) is 9.97 Å². The fourth-order valence-electron chi connectivity index (χ4n) is 3.05. The SMILES string of the molecule is CNc1c(C(Cl)=CCC(O)O)nc(N2CCOCC2)nc1-c1cccc(OC)c1. The summed E-state index contributed by atoms with van der Waals surface area (Å²) in [7, 11) is 3.38. The highest BCUT2D eigenvalue weighted by Crippen LogP contribution is 2.36. The Hall–Kier alpha value is -2.39. The zero-order valence-electron chi connectivity index (χ0n) is 16.4. The highest BCUT2D eigenvalue weighted by Gasteiger charge is 2.22. The molecule has 0 unspecified atom stereocenters. The zero-order chi connectivity index (χ0) is 20.8. The van der Waals surface area contributed by atoms with Gasteiger partial charge in [-0.05, 0) is 12.1 Å². The lowest BCUT2D eigenvalue weighted by Crippen LogP contribution is -2.37. The smallest absolute Gasteiger partial charge is 0.226 e. The van der Waals surface area contributed by atoms with Crippen LogP contribution in [0.5, 0.6) is 5.75 Å². The van der Waals surface area contributed by atoms with Crippen LogP contribution in [-0.2, 0) is 4.74 Å². The Morgan fingerprint density at radius 2 is 2.10 bits per heavy atom. The molecule has 1 aliphatic heterocycles. The van der Waals surface area contributed by atoms with Gasteiger partial charge in [-0.3, -0.25) is 0 Å². The third-order valence-electron chi connectivity index (χ3n) is 4.52. The van der Waals surface area contributed by atoms with Crippen molar-refractivity contribution in [3.63, 3.8) is 0 Å². The summed E-state index contributed by atoms with van der Waals surface area (Å²) in [5.41, 5.74) is 2.65. The third kappa shape index (κ3) is 5.16. The molecule has 2 heterocycles. The van der Waals surface area contributed by atoms with Crippen LogP contribution in [0.25, 0.3) is 16.3 Å². The van der Waals surface area contributed by atoms with Crippen molar-refractivity contribution in [2.24, 2.45) is 0 Å². The van der Waals surface area contributed by atoms with Crippen LogP contribution < -0.4 is 15.0 Å². The summed E-state index contributed by atoms with van der Waals surface area (Å²) in [6.45, 7) is 2.54. The van der Waals surface area contributed by atoms with E-state index < -0.39 is 6.29 Å². The summed E-state index contributed by atoms with van der Waals surface area (Å²) in [4.78, 5) is 11.5. The Morgan fingerprint density at radius 3 is 2.76 bits per heavy atom. The number of nitrogens with one attached hydrogen (secondary N) is 1. The molecular weight excluding hydrogens is 396 g/mol. The number of halogens is 1. The van der Waals surface area contributed by atoms with E-state index in [0.29, 0.717) is 60.1 Å². The summed E-state index contributed by atoms with van der Waals surface area (Å²) >= 11 is 6.50. The van der Waals surface area contributed by atoms with Crippen LogP contribution >= 0.6 is 11.6 Å². The molecule has 9 heteroatoms. The van der Waals surface area contributed by atoms with Crippen LogP contribution in [-0.4, -0.2) is 66.9 Å². The molecule has 156 valence electrons. The van der Waals surface area contributed by atoms with Crippen molar-refractivity contribution in [3.05, 3.63) is 36.0 Å². The number of aromatic nitrogens is 2. The van der Waals surface area contributed by atoms with Gasteiger partial charge in [0.25, 0.3) is 0 Å². The standard InChI is InChI=1S/C20H25ClN4O4/c1-22-19-17(13-4-3-5-14(12-13)28-2)23-20(25-8-10-29-11-9-25)24-18(19)15(21)6-7-16(26)27/h3-6,12,16,22,26-27H,7-11H2,1-2H3. The number of methoxy groups -OCH3 is 1. The van der Waals surface area contributed by atoms with Crippen LogP contribution in [0.4, 0.5) is 11.6 Å². The Bertz CT molecular complexity index is 870. The fraction of sp³-hybridized carbons (Fsp3) is 0.400. The number of anilines is 2. The van der Waals surface area contributed by atoms with E-state index in [1.54, 1.807) is 14.2 Å². The summed E-state index contributed by atoms with van der Waals surface area (Å²) in [5.74, 6) is 1.25. The molecule has 0 aliphatic carbocycles. The van der Waals surface area contributed by atoms with Gasteiger partial charge in [0.2, 0.25) is 5.95 Å². The molecule has 1 aromatic carbocycles. The van der Waals surface area contributed by atoms with Crippen LogP contribution in [0.2, 0.25) is 0 Å². The molecule has 0 atom stereocenters. The quantitative estimate of drug-likeness (QED) is 0.587. The molecule has 3 N–H and O–H groups in total. The van der Waals surface area contributed by atoms with Gasteiger partial charge in [0.1, 0.15) is 11.4 Å². The van der Waals surface area contributed by atoms with Crippen molar-refractivity contribution in [2.45, 2.75) is 12.7 Å². The second-order valence-corrected chi connectivity index (χ2v) is 6.85. The second-order valence-electron chi connectivity index (χ2n) is 6.45. The monoisotopic (exact) mass is 420 g/mol. The third-order valence-corrected chi connectivity index (χ3v) is 4.85. The van der Waals surface area contributed by atoms with E-state index in [9.17, 15) is 10.2 Å². The minimum Gasteiger partial charge on any atom is -0.497 e. The van der Waals surface area contributed by atoms with Crippen LogP contribution in [0.3, 0.4) is 0 Å². The van der Waals surface area contributed by atoms with E-state index in [0.717, 1.165) is 5.56 Å².